The van der Waals surface area contributed by atoms with E-state index in [1.165, 1.54) is 44.7 Å². The van der Waals surface area contributed by atoms with Crippen LogP contribution in [0.5, 0.6) is 0 Å². The first kappa shape index (κ1) is 34.4. The Hall–Kier alpha value is -6.84. The van der Waals surface area contributed by atoms with Gasteiger partial charge >= 0.3 is 0 Å². The smallest absolute Gasteiger partial charge is 0.142 e. The van der Waals surface area contributed by atoms with E-state index in [4.69, 9.17) is 8.83 Å². The Balaban J connectivity index is 1.29. The molecule has 0 radical (unpaired) electrons. The molecule has 11 rings (SSSR count). The minimum atomic E-state index is -0.723. The van der Waals surface area contributed by atoms with Crippen molar-refractivity contribution in [3.8, 4) is 0 Å². The van der Waals surface area contributed by atoms with Crippen molar-refractivity contribution in [2.24, 2.45) is 0 Å². The predicted octanol–water partition coefficient (Wildman–Crippen LogP) is 14.4. The van der Waals surface area contributed by atoms with E-state index in [2.05, 4.69) is 202 Å². The fourth-order valence-electron chi connectivity index (χ4n) is 10.8. The van der Waals surface area contributed by atoms with E-state index in [1.807, 2.05) is 6.08 Å². The molecular formula is C55H43NO2. The van der Waals surface area contributed by atoms with Gasteiger partial charge in [-0.25, -0.2) is 0 Å². The zero-order chi connectivity index (χ0) is 39.2. The second-order valence-corrected chi connectivity index (χ2v) is 16.3. The van der Waals surface area contributed by atoms with Gasteiger partial charge in [-0.15, -0.1) is 0 Å². The van der Waals surface area contributed by atoms with Gasteiger partial charge in [-0.1, -0.05) is 172 Å². The average molecular weight is 750 g/mol. The van der Waals surface area contributed by atoms with E-state index >= 15 is 0 Å². The van der Waals surface area contributed by atoms with Crippen molar-refractivity contribution in [1.29, 1.82) is 0 Å². The van der Waals surface area contributed by atoms with Crippen LogP contribution in [-0.4, -0.2) is 0 Å². The summed E-state index contributed by atoms with van der Waals surface area (Å²) in [7, 11) is 0. The van der Waals surface area contributed by atoms with Crippen molar-refractivity contribution >= 4 is 50.2 Å². The maximum absolute atomic E-state index is 7.20. The molecule has 0 saturated carbocycles. The first-order valence-corrected chi connectivity index (χ1v) is 20.3. The van der Waals surface area contributed by atoms with Gasteiger partial charge in [0.15, 0.2) is 0 Å². The van der Waals surface area contributed by atoms with Crippen LogP contribution in [0.25, 0.3) is 44.6 Å². The molecule has 8 aromatic rings. The standard InChI is InChI=1S/C55H43NO2/c1-5-19-46-42(6-2)54(3,4)44-26-15-16-27-47(44)56(46)48-34-45-40(53-51(48)41-25-14-18-29-50(41)58-53)31-30-39-43(33-32-38-37-24-13-17-28-49(37)57-52(38)39)55(45,35-20-9-7-10-21-35)36-22-11-8-12-23-36/h5-33,48H,1,34H2,2-4H3/b42-6+,46-19+. The van der Waals surface area contributed by atoms with E-state index in [9.17, 15) is 0 Å². The van der Waals surface area contributed by atoms with Crippen molar-refractivity contribution in [2.75, 3.05) is 4.90 Å². The van der Waals surface area contributed by atoms with Crippen LogP contribution in [0.4, 0.5) is 5.69 Å². The summed E-state index contributed by atoms with van der Waals surface area (Å²) in [6, 6.07) is 52.6. The number of anilines is 1. The van der Waals surface area contributed by atoms with Gasteiger partial charge in [0.1, 0.15) is 22.5 Å². The van der Waals surface area contributed by atoms with Crippen molar-refractivity contribution in [1.82, 2.24) is 0 Å². The average Bonchev–Trinajstić information content (AvgIpc) is 3.80. The summed E-state index contributed by atoms with van der Waals surface area (Å²) in [4.78, 5) is 2.60. The lowest BCUT2D eigenvalue weighted by molar-refractivity contribution is 0.526. The van der Waals surface area contributed by atoms with E-state index in [-0.39, 0.29) is 11.5 Å². The van der Waals surface area contributed by atoms with Crippen LogP contribution in [0.15, 0.2) is 202 Å². The Morgan fingerprint density at radius 1 is 0.655 bits per heavy atom. The maximum Gasteiger partial charge on any atom is 0.142 e. The Kier molecular flexibility index (Phi) is 7.62. The summed E-state index contributed by atoms with van der Waals surface area (Å²) in [6.45, 7) is 11.1. The molecule has 2 aliphatic carbocycles. The van der Waals surface area contributed by atoms with Crippen LogP contribution in [0, 0.1) is 0 Å². The third kappa shape index (κ3) is 4.62. The van der Waals surface area contributed by atoms with Gasteiger partial charge in [-0.05, 0) is 71.0 Å². The summed E-state index contributed by atoms with van der Waals surface area (Å²) in [5.74, 6) is 0.913. The van der Waals surface area contributed by atoms with E-state index in [1.54, 1.807) is 0 Å². The number of benzene rings is 6. The van der Waals surface area contributed by atoms with Crippen LogP contribution in [0.1, 0.15) is 72.4 Å². The molecule has 1 unspecified atom stereocenters. The molecule has 0 N–H and O–H groups in total. The molecule has 3 nitrogen and oxygen atoms in total. The molecule has 2 aromatic heterocycles. The van der Waals surface area contributed by atoms with Crippen LogP contribution in [-0.2, 0) is 10.8 Å². The summed E-state index contributed by atoms with van der Waals surface area (Å²) < 4.78 is 14.1. The third-order valence-corrected chi connectivity index (χ3v) is 13.1. The third-order valence-electron chi connectivity index (χ3n) is 13.1. The van der Waals surface area contributed by atoms with E-state index < -0.39 is 5.41 Å². The summed E-state index contributed by atoms with van der Waals surface area (Å²) in [5, 5.41) is 3.37. The van der Waals surface area contributed by atoms with Gasteiger partial charge < -0.3 is 13.7 Å². The zero-order valence-corrected chi connectivity index (χ0v) is 33.0. The zero-order valence-electron chi connectivity index (χ0n) is 33.0. The molecule has 0 bridgehead atoms. The van der Waals surface area contributed by atoms with Gasteiger partial charge in [0.2, 0.25) is 0 Å². The van der Waals surface area contributed by atoms with Crippen LogP contribution < -0.4 is 4.90 Å². The molecule has 0 spiro atoms. The highest BCUT2D eigenvalue weighted by molar-refractivity contribution is 6.09. The number of furan rings is 2. The molecule has 1 atom stereocenters. The van der Waals surface area contributed by atoms with Gasteiger partial charge in [-0.2, -0.15) is 0 Å². The second kappa shape index (κ2) is 12.8. The number of rotatable bonds is 4. The summed E-state index contributed by atoms with van der Waals surface area (Å²) in [6.07, 6.45) is 11.8. The highest BCUT2D eigenvalue weighted by Gasteiger charge is 2.51. The molecule has 6 aromatic carbocycles. The van der Waals surface area contributed by atoms with E-state index in [0.717, 1.165) is 61.9 Å². The van der Waals surface area contributed by atoms with Crippen LogP contribution in [0.2, 0.25) is 0 Å². The molecule has 1 aliphatic heterocycles. The summed E-state index contributed by atoms with van der Waals surface area (Å²) in [5.41, 5.74) is 14.9. The monoisotopic (exact) mass is 749 g/mol. The lowest BCUT2D eigenvalue weighted by atomic mass is 9.60. The van der Waals surface area contributed by atoms with Crippen molar-refractivity contribution in [3.63, 3.8) is 0 Å². The Morgan fingerprint density at radius 2 is 1.29 bits per heavy atom. The van der Waals surface area contributed by atoms with Crippen LogP contribution >= 0.6 is 0 Å². The van der Waals surface area contributed by atoms with Gasteiger partial charge in [0, 0.05) is 49.7 Å². The largest absolute Gasteiger partial charge is 0.456 e. The molecular weight excluding hydrogens is 707 g/mol. The number of nitrogens with zero attached hydrogens (tertiary/aromatic N) is 1. The number of fused-ring (bicyclic) bond motifs is 10. The molecule has 280 valence electrons. The van der Waals surface area contributed by atoms with Gasteiger partial charge in [0.25, 0.3) is 0 Å². The summed E-state index contributed by atoms with van der Waals surface area (Å²) >= 11 is 0. The number of hydrogen-bond acceptors (Lipinski definition) is 3. The lowest BCUT2D eigenvalue weighted by Gasteiger charge is -2.50. The lowest BCUT2D eigenvalue weighted by Crippen LogP contribution is -2.42. The molecule has 0 fully saturated rings. The highest BCUT2D eigenvalue weighted by Crippen LogP contribution is 2.61. The Labute approximate surface area is 339 Å². The van der Waals surface area contributed by atoms with E-state index in [0.29, 0.717) is 0 Å². The highest BCUT2D eigenvalue weighted by atomic mass is 16.3. The predicted molar refractivity (Wildman–Crippen MR) is 240 cm³/mol. The SMILES string of the molecule is C=C/C=C1\C(=C/C)C(C)(C)c2ccccc2N1C1CC2=C(C=Cc3c(ccc4c3oc3ccccc34)C2(c2ccccc2)c2ccccc2)c2oc3ccccc3c21. The molecule has 58 heavy (non-hydrogen) atoms. The minimum absolute atomic E-state index is 0.132. The first-order chi connectivity index (χ1) is 28.5. The fourth-order valence-corrected chi connectivity index (χ4v) is 10.8. The topological polar surface area (TPSA) is 29.5 Å². The molecule has 0 amide bonds. The maximum atomic E-state index is 7.20. The van der Waals surface area contributed by atoms with Crippen molar-refractivity contribution in [2.45, 2.75) is 44.1 Å². The first-order valence-electron chi connectivity index (χ1n) is 20.3. The fraction of sp³-hybridized carbons (Fsp3) is 0.127. The van der Waals surface area contributed by atoms with Crippen LogP contribution in [0.3, 0.4) is 0 Å². The van der Waals surface area contributed by atoms with Crippen molar-refractivity contribution < 1.29 is 8.83 Å². The molecule has 0 saturated heterocycles. The minimum Gasteiger partial charge on any atom is -0.456 e. The Bertz CT molecular complexity index is 3050. The molecule has 3 heterocycles. The molecule has 3 heteroatoms. The normalized spacial score (nSPS) is 19.3. The van der Waals surface area contributed by atoms with Gasteiger partial charge in [-0.3, -0.25) is 0 Å². The number of hydrogen-bond donors (Lipinski definition) is 0. The number of para-hydroxylation sites is 3. The van der Waals surface area contributed by atoms with Gasteiger partial charge in [0.05, 0.1) is 11.5 Å². The second-order valence-electron chi connectivity index (χ2n) is 16.3. The quantitative estimate of drug-likeness (QED) is 0.179. The molecule has 3 aliphatic rings. The van der Waals surface area contributed by atoms with Crippen molar-refractivity contribution in [3.05, 3.63) is 232 Å². The Morgan fingerprint density at radius 3 is 2.00 bits per heavy atom. The number of allylic oxidation sites excluding steroid dienone is 6.